The first-order valence-corrected chi connectivity index (χ1v) is 9.48. The van der Waals surface area contributed by atoms with Gasteiger partial charge in [0.2, 0.25) is 11.9 Å². The summed E-state index contributed by atoms with van der Waals surface area (Å²) < 4.78 is 0. The molecular weight excluding hydrogens is 324 g/mol. The molecule has 0 unspecified atom stereocenters. The molecule has 0 atom stereocenters. The molecule has 24 heavy (non-hydrogen) atoms. The van der Waals surface area contributed by atoms with Crippen LogP contribution in [0.1, 0.15) is 12.8 Å². The summed E-state index contributed by atoms with van der Waals surface area (Å²) in [4.78, 5) is 25.2. The highest BCUT2D eigenvalue weighted by Crippen LogP contribution is 2.31. The van der Waals surface area contributed by atoms with Crippen LogP contribution in [0.3, 0.4) is 0 Å². The van der Waals surface area contributed by atoms with Gasteiger partial charge in [0.25, 0.3) is 0 Å². The van der Waals surface area contributed by atoms with Crippen molar-refractivity contribution in [1.82, 2.24) is 20.2 Å². The predicted molar refractivity (Wildman–Crippen MR) is 98.7 cm³/mol. The molecule has 1 amide bonds. The van der Waals surface area contributed by atoms with Gasteiger partial charge in [-0.1, -0.05) is 0 Å². The highest BCUT2D eigenvalue weighted by molar-refractivity contribution is 7.79. The van der Waals surface area contributed by atoms with Crippen molar-refractivity contribution in [3.63, 3.8) is 0 Å². The van der Waals surface area contributed by atoms with E-state index in [4.69, 9.17) is 0 Å². The number of nitrogens with one attached hydrogen (secondary N) is 2. The van der Waals surface area contributed by atoms with E-state index in [2.05, 4.69) is 38.1 Å². The van der Waals surface area contributed by atoms with E-state index in [-0.39, 0.29) is 0 Å². The zero-order chi connectivity index (χ0) is 16.9. The van der Waals surface area contributed by atoms with Gasteiger partial charge in [-0.2, -0.15) is 17.6 Å². The molecule has 0 radical (unpaired) electrons. The molecule has 2 N–H and O–H groups in total. The average molecular weight is 350 g/mol. The van der Waals surface area contributed by atoms with Gasteiger partial charge >= 0.3 is 0 Å². The second-order valence-corrected chi connectivity index (χ2v) is 6.33. The summed E-state index contributed by atoms with van der Waals surface area (Å²) in [5.74, 6) is 2.30. The van der Waals surface area contributed by atoms with E-state index in [0.717, 1.165) is 63.9 Å². The molecule has 1 aliphatic carbocycles. The second kappa shape index (κ2) is 8.02. The number of hydrogen-bond donors (Lipinski definition) is 3. The van der Waals surface area contributed by atoms with E-state index in [1.807, 2.05) is 11.0 Å². The van der Waals surface area contributed by atoms with Crippen LogP contribution in [-0.2, 0) is 4.79 Å². The fraction of sp³-hybridized carbons (Fsp3) is 0.688. The minimum absolute atomic E-state index is 0.311. The Kier molecular flexibility index (Phi) is 5.78. The molecule has 1 saturated carbocycles. The Morgan fingerprint density at radius 1 is 1.25 bits per heavy atom. The average Bonchev–Trinajstić information content (AvgIpc) is 3.45. The summed E-state index contributed by atoms with van der Waals surface area (Å²) in [5, 5.41) is 6.64. The summed E-state index contributed by atoms with van der Waals surface area (Å²) in [6.07, 6.45) is 5.65. The lowest BCUT2D eigenvalue weighted by Crippen LogP contribution is -2.51. The fourth-order valence-electron chi connectivity index (χ4n) is 2.90. The van der Waals surface area contributed by atoms with Crippen LogP contribution in [-0.4, -0.2) is 72.3 Å². The van der Waals surface area contributed by atoms with Gasteiger partial charge in [-0.25, -0.2) is 4.98 Å². The molecule has 2 saturated heterocycles. The van der Waals surface area contributed by atoms with E-state index in [1.54, 1.807) is 12.5 Å². The topological polar surface area (TPSA) is 73.4 Å². The maximum atomic E-state index is 12.1. The Bertz CT molecular complexity index is 555. The number of hydrogen-bond acceptors (Lipinski definition) is 7. The Balaban J connectivity index is 0.000000815. The summed E-state index contributed by atoms with van der Waals surface area (Å²) in [7, 11) is 0. The molecule has 8 heteroatoms. The lowest BCUT2D eigenvalue weighted by Gasteiger charge is -2.35. The van der Waals surface area contributed by atoms with Crippen molar-refractivity contribution < 1.29 is 4.79 Å². The summed E-state index contributed by atoms with van der Waals surface area (Å²) >= 11 is 3.53. The van der Waals surface area contributed by atoms with E-state index in [0.29, 0.717) is 17.9 Å². The summed E-state index contributed by atoms with van der Waals surface area (Å²) in [5.41, 5.74) is 0. The van der Waals surface area contributed by atoms with Crippen molar-refractivity contribution in [2.24, 2.45) is 5.92 Å². The van der Waals surface area contributed by atoms with Gasteiger partial charge in [-0.3, -0.25) is 4.79 Å². The van der Waals surface area contributed by atoms with Crippen LogP contribution in [0, 0.1) is 5.92 Å². The van der Waals surface area contributed by atoms with Gasteiger partial charge in [-0.15, -0.1) is 0 Å². The third-order valence-corrected chi connectivity index (χ3v) is 4.58. The van der Waals surface area contributed by atoms with Crippen molar-refractivity contribution in [2.45, 2.75) is 18.9 Å². The van der Waals surface area contributed by atoms with Crippen LogP contribution in [0.2, 0.25) is 0 Å². The molecular formula is C16H26N6OS. The lowest BCUT2D eigenvalue weighted by atomic mass is 10.2. The van der Waals surface area contributed by atoms with Crippen LogP contribution in [0.15, 0.2) is 12.3 Å². The third kappa shape index (κ3) is 4.10. The largest absolute Gasteiger partial charge is 0.365 e. The van der Waals surface area contributed by atoms with E-state index in [1.165, 1.54) is 0 Å². The SMILES string of the molecule is CS.O=C(C1CC1)N1CCN(c2nccc(NC3CNC3)n2)CC1. The minimum Gasteiger partial charge on any atom is -0.365 e. The highest BCUT2D eigenvalue weighted by Gasteiger charge is 2.34. The molecule has 2 aliphatic heterocycles. The van der Waals surface area contributed by atoms with Gasteiger partial charge in [0.15, 0.2) is 0 Å². The Morgan fingerprint density at radius 2 is 1.96 bits per heavy atom. The van der Waals surface area contributed by atoms with Gasteiger partial charge in [0.05, 0.1) is 6.04 Å². The molecule has 4 rings (SSSR count). The minimum atomic E-state index is 0.311. The van der Waals surface area contributed by atoms with E-state index < -0.39 is 0 Å². The van der Waals surface area contributed by atoms with Crippen LogP contribution >= 0.6 is 12.6 Å². The fourth-order valence-corrected chi connectivity index (χ4v) is 2.90. The Hall–Kier alpha value is -1.54. The number of nitrogens with zero attached hydrogens (tertiary/aromatic N) is 4. The molecule has 0 aromatic carbocycles. The molecule has 1 aromatic heterocycles. The second-order valence-electron chi connectivity index (χ2n) is 6.33. The smallest absolute Gasteiger partial charge is 0.227 e. The quantitative estimate of drug-likeness (QED) is 0.686. The van der Waals surface area contributed by atoms with Gasteiger partial charge in [0.1, 0.15) is 5.82 Å². The first-order chi connectivity index (χ1) is 11.8. The molecule has 3 fully saturated rings. The summed E-state index contributed by atoms with van der Waals surface area (Å²) in [6, 6.07) is 2.38. The lowest BCUT2D eigenvalue weighted by molar-refractivity contribution is -0.132. The molecule has 7 nitrogen and oxygen atoms in total. The van der Waals surface area contributed by atoms with E-state index in [9.17, 15) is 4.79 Å². The van der Waals surface area contributed by atoms with Gasteiger partial charge in [0, 0.05) is 51.4 Å². The number of aromatic nitrogens is 2. The monoisotopic (exact) mass is 350 g/mol. The summed E-state index contributed by atoms with van der Waals surface area (Å²) in [6.45, 7) is 5.16. The molecule has 0 spiro atoms. The zero-order valence-corrected chi connectivity index (χ0v) is 15.0. The van der Waals surface area contributed by atoms with Crippen LogP contribution in [0.5, 0.6) is 0 Å². The normalized spacial score (nSPS) is 20.8. The first kappa shape index (κ1) is 17.3. The number of piperazine rings is 1. The van der Waals surface area contributed by atoms with Crippen LogP contribution in [0.25, 0.3) is 0 Å². The number of carbonyl (C=O) groups excluding carboxylic acids is 1. The van der Waals surface area contributed by atoms with E-state index >= 15 is 0 Å². The highest BCUT2D eigenvalue weighted by atomic mass is 32.1. The number of anilines is 2. The molecule has 3 heterocycles. The number of thiol groups is 1. The van der Waals surface area contributed by atoms with Crippen molar-refractivity contribution in [3.05, 3.63) is 12.3 Å². The number of amides is 1. The first-order valence-electron chi connectivity index (χ1n) is 8.58. The van der Waals surface area contributed by atoms with Gasteiger partial charge < -0.3 is 20.4 Å². The standard InChI is InChI=1S/C15H22N6O.CH4S/c22-14(11-1-2-11)20-5-7-21(8-6-20)15-17-4-3-13(19-15)18-12-9-16-10-12;1-2/h3-4,11-12,16H,1-2,5-10H2,(H,17,18,19);2H,1H3. The zero-order valence-electron chi connectivity index (χ0n) is 14.1. The van der Waals surface area contributed by atoms with Gasteiger partial charge in [-0.05, 0) is 25.2 Å². The van der Waals surface area contributed by atoms with Crippen LogP contribution in [0.4, 0.5) is 11.8 Å². The number of rotatable bonds is 4. The molecule has 1 aromatic rings. The Labute approximate surface area is 148 Å². The van der Waals surface area contributed by atoms with Crippen molar-refractivity contribution in [2.75, 3.05) is 55.7 Å². The predicted octanol–water partition coefficient (Wildman–Crippen LogP) is 0.465. The van der Waals surface area contributed by atoms with Crippen LogP contribution < -0.4 is 15.5 Å². The van der Waals surface area contributed by atoms with Crippen molar-refractivity contribution in [1.29, 1.82) is 0 Å². The molecule has 132 valence electrons. The van der Waals surface area contributed by atoms with Crippen molar-refractivity contribution in [3.8, 4) is 0 Å². The molecule has 0 bridgehead atoms. The molecule has 3 aliphatic rings. The Morgan fingerprint density at radius 3 is 2.54 bits per heavy atom. The maximum Gasteiger partial charge on any atom is 0.227 e. The maximum absolute atomic E-state index is 12.1. The number of carbonyl (C=O) groups is 1. The van der Waals surface area contributed by atoms with Crippen molar-refractivity contribution >= 4 is 30.3 Å². The third-order valence-electron chi connectivity index (χ3n) is 4.58.